The van der Waals surface area contributed by atoms with Gasteiger partial charge in [-0.3, -0.25) is 9.59 Å². The van der Waals surface area contributed by atoms with Crippen LogP contribution in [0.4, 0.5) is 5.69 Å². The second kappa shape index (κ2) is 9.10. The van der Waals surface area contributed by atoms with Crippen molar-refractivity contribution < 1.29 is 19.1 Å². The van der Waals surface area contributed by atoms with E-state index in [-0.39, 0.29) is 5.78 Å². The first-order chi connectivity index (χ1) is 12.4. The molecule has 134 valence electrons. The number of para-hydroxylation sites is 1. The van der Waals surface area contributed by atoms with Crippen LogP contribution >= 0.6 is 15.9 Å². The number of benzene rings is 2. The number of anilines is 1. The lowest BCUT2D eigenvalue weighted by molar-refractivity contribution is -0.148. The third-order valence-electron chi connectivity index (χ3n) is 3.53. The van der Waals surface area contributed by atoms with Gasteiger partial charge in [0.2, 0.25) is 0 Å². The molecule has 2 aromatic carbocycles. The Hall–Kier alpha value is -2.73. The van der Waals surface area contributed by atoms with Crippen LogP contribution in [0.2, 0.25) is 0 Å². The number of ketones is 1. The fraction of sp³-hybridized carbons (Fsp3) is 0.150. The van der Waals surface area contributed by atoms with Crippen molar-refractivity contribution in [1.82, 2.24) is 0 Å². The van der Waals surface area contributed by atoms with Crippen molar-refractivity contribution in [2.75, 3.05) is 5.32 Å². The van der Waals surface area contributed by atoms with Crippen LogP contribution in [0.1, 0.15) is 29.8 Å². The number of hydrogen-bond donors (Lipinski definition) is 1. The third kappa shape index (κ3) is 5.39. The molecule has 26 heavy (non-hydrogen) atoms. The molecule has 0 saturated carbocycles. The van der Waals surface area contributed by atoms with E-state index >= 15 is 0 Å². The molecular weight excluding hydrogens is 398 g/mol. The summed E-state index contributed by atoms with van der Waals surface area (Å²) >= 11 is 3.38. The molecule has 0 aliphatic heterocycles. The van der Waals surface area contributed by atoms with Crippen LogP contribution in [0.3, 0.4) is 0 Å². The topological polar surface area (TPSA) is 72.5 Å². The van der Waals surface area contributed by atoms with Gasteiger partial charge in [-0.05, 0) is 43.7 Å². The average molecular weight is 416 g/mol. The van der Waals surface area contributed by atoms with Gasteiger partial charge in [0, 0.05) is 16.1 Å². The zero-order chi connectivity index (χ0) is 19.1. The van der Waals surface area contributed by atoms with E-state index in [0.29, 0.717) is 11.3 Å². The highest BCUT2D eigenvalue weighted by atomic mass is 79.9. The number of amides is 1. The number of halogens is 1. The second-order valence-electron chi connectivity index (χ2n) is 5.52. The Bertz CT molecular complexity index is 860. The van der Waals surface area contributed by atoms with E-state index < -0.39 is 18.0 Å². The molecule has 0 aliphatic rings. The molecule has 0 aliphatic carbocycles. The zero-order valence-corrected chi connectivity index (χ0v) is 15.9. The lowest BCUT2D eigenvalue weighted by atomic mass is 10.1. The normalized spacial score (nSPS) is 11.8. The Morgan fingerprint density at radius 2 is 1.73 bits per heavy atom. The van der Waals surface area contributed by atoms with Gasteiger partial charge in [-0.15, -0.1) is 0 Å². The van der Waals surface area contributed by atoms with Gasteiger partial charge in [0.15, 0.2) is 11.9 Å². The molecule has 6 heteroatoms. The zero-order valence-electron chi connectivity index (χ0n) is 14.4. The number of nitrogens with one attached hydrogen (secondary N) is 1. The summed E-state index contributed by atoms with van der Waals surface area (Å²) in [5.41, 5.74) is 1.60. The maximum Gasteiger partial charge on any atom is 0.331 e. The number of Topliss-reactive ketones (excluding diaryl/α,β-unsaturated/α-hetero) is 1. The van der Waals surface area contributed by atoms with Crippen molar-refractivity contribution in [1.29, 1.82) is 0 Å². The fourth-order valence-electron chi connectivity index (χ4n) is 2.17. The lowest BCUT2D eigenvalue weighted by Gasteiger charge is -2.14. The first-order valence-corrected chi connectivity index (χ1v) is 8.72. The molecule has 1 atom stereocenters. The number of esters is 1. The number of carbonyl (C=O) groups excluding carboxylic acids is 3. The summed E-state index contributed by atoms with van der Waals surface area (Å²) in [6, 6.07) is 14.1. The number of carbonyl (C=O) groups is 3. The SMILES string of the molecule is CC(=O)c1ccccc1NC(=O)[C@@H](C)OC(=O)/C=C/c1ccccc1Br. The minimum absolute atomic E-state index is 0.165. The Morgan fingerprint density at radius 3 is 2.42 bits per heavy atom. The Kier molecular flexibility index (Phi) is 6.86. The molecule has 5 nitrogen and oxygen atoms in total. The van der Waals surface area contributed by atoms with E-state index in [1.807, 2.05) is 24.3 Å². The first kappa shape index (κ1) is 19.6. The largest absolute Gasteiger partial charge is 0.449 e. The molecule has 0 aromatic heterocycles. The Labute approximate surface area is 160 Å². The summed E-state index contributed by atoms with van der Waals surface area (Å²) in [4.78, 5) is 35.7. The molecule has 0 bridgehead atoms. The van der Waals surface area contributed by atoms with Crippen LogP contribution in [-0.4, -0.2) is 23.8 Å². The van der Waals surface area contributed by atoms with Crippen molar-refractivity contribution in [3.05, 3.63) is 70.2 Å². The highest BCUT2D eigenvalue weighted by Crippen LogP contribution is 2.18. The molecule has 2 rings (SSSR count). The first-order valence-electron chi connectivity index (χ1n) is 7.92. The molecule has 0 saturated heterocycles. The summed E-state index contributed by atoms with van der Waals surface area (Å²) in [6.45, 7) is 2.89. The monoisotopic (exact) mass is 415 g/mol. The summed E-state index contributed by atoms with van der Waals surface area (Å²) < 4.78 is 5.95. The fourth-order valence-corrected chi connectivity index (χ4v) is 2.59. The molecule has 1 N–H and O–H groups in total. The van der Waals surface area contributed by atoms with Gasteiger partial charge in [-0.25, -0.2) is 4.79 Å². The Morgan fingerprint density at radius 1 is 1.08 bits per heavy atom. The second-order valence-corrected chi connectivity index (χ2v) is 6.38. The van der Waals surface area contributed by atoms with E-state index in [4.69, 9.17) is 4.74 Å². The van der Waals surface area contributed by atoms with Crippen molar-refractivity contribution in [3.8, 4) is 0 Å². The quantitative estimate of drug-likeness (QED) is 0.435. The molecule has 0 spiro atoms. The average Bonchev–Trinajstić information content (AvgIpc) is 2.61. The van der Waals surface area contributed by atoms with Crippen LogP contribution in [-0.2, 0) is 14.3 Å². The van der Waals surface area contributed by atoms with Gasteiger partial charge in [-0.1, -0.05) is 46.3 Å². The van der Waals surface area contributed by atoms with Gasteiger partial charge in [0.1, 0.15) is 0 Å². The van der Waals surface area contributed by atoms with Crippen molar-refractivity contribution in [2.24, 2.45) is 0 Å². The van der Waals surface area contributed by atoms with Crippen LogP contribution in [0.25, 0.3) is 6.08 Å². The molecule has 2 aromatic rings. The highest BCUT2D eigenvalue weighted by molar-refractivity contribution is 9.10. The van der Waals surface area contributed by atoms with Crippen LogP contribution in [0.5, 0.6) is 0 Å². The van der Waals surface area contributed by atoms with Gasteiger partial charge in [-0.2, -0.15) is 0 Å². The van der Waals surface area contributed by atoms with E-state index in [9.17, 15) is 14.4 Å². The number of ether oxygens (including phenoxy) is 1. The van der Waals surface area contributed by atoms with Crippen molar-refractivity contribution in [2.45, 2.75) is 20.0 Å². The summed E-state index contributed by atoms with van der Waals surface area (Å²) in [6.07, 6.45) is 1.85. The summed E-state index contributed by atoms with van der Waals surface area (Å²) in [7, 11) is 0. The number of hydrogen-bond acceptors (Lipinski definition) is 4. The lowest BCUT2D eigenvalue weighted by Crippen LogP contribution is -2.30. The molecule has 0 heterocycles. The van der Waals surface area contributed by atoms with Crippen molar-refractivity contribution >= 4 is 45.4 Å². The summed E-state index contributed by atoms with van der Waals surface area (Å²) in [5.74, 6) is -1.31. The van der Waals surface area contributed by atoms with E-state index in [2.05, 4.69) is 21.2 Å². The predicted molar refractivity (Wildman–Crippen MR) is 104 cm³/mol. The maximum absolute atomic E-state index is 12.2. The van der Waals surface area contributed by atoms with E-state index in [0.717, 1.165) is 10.0 Å². The molecule has 0 unspecified atom stereocenters. The van der Waals surface area contributed by atoms with Crippen LogP contribution < -0.4 is 5.32 Å². The minimum atomic E-state index is -1.01. The predicted octanol–water partition coefficient (Wildman–Crippen LogP) is 4.24. The smallest absolute Gasteiger partial charge is 0.331 e. The molecule has 1 amide bonds. The third-order valence-corrected chi connectivity index (χ3v) is 4.25. The van der Waals surface area contributed by atoms with E-state index in [1.54, 1.807) is 30.3 Å². The molecule has 0 fully saturated rings. The van der Waals surface area contributed by atoms with Gasteiger partial charge < -0.3 is 10.1 Å². The van der Waals surface area contributed by atoms with Gasteiger partial charge >= 0.3 is 5.97 Å². The Balaban J connectivity index is 1.98. The van der Waals surface area contributed by atoms with Gasteiger partial charge in [0.05, 0.1) is 5.69 Å². The van der Waals surface area contributed by atoms with E-state index in [1.165, 1.54) is 19.9 Å². The summed E-state index contributed by atoms with van der Waals surface area (Å²) in [5, 5.41) is 2.61. The van der Waals surface area contributed by atoms with Gasteiger partial charge in [0.25, 0.3) is 5.91 Å². The standard InChI is InChI=1S/C20H18BrNO4/c1-13(23)16-8-4-6-10-18(16)22-20(25)14(2)26-19(24)12-11-15-7-3-5-9-17(15)21/h3-12,14H,1-2H3,(H,22,25)/b12-11+/t14-/m1/s1. The maximum atomic E-state index is 12.2. The molecular formula is C20H18BrNO4. The van der Waals surface area contributed by atoms with Crippen LogP contribution in [0.15, 0.2) is 59.1 Å². The van der Waals surface area contributed by atoms with Crippen LogP contribution in [0, 0.1) is 0 Å². The highest BCUT2D eigenvalue weighted by Gasteiger charge is 2.18. The van der Waals surface area contributed by atoms with Crippen molar-refractivity contribution in [3.63, 3.8) is 0 Å². The minimum Gasteiger partial charge on any atom is -0.449 e. The number of rotatable bonds is 6. The molecule has 0 radical (unpaired) electrons.